The van der Waals surface area contributed by atoms with Gasteiger partial charge in [0.05, 0.1) is 17.6 Å². The van der Waals surface area contributed by atoms with E-state index in [1.54, 1.807) is 271 Å². The van der Waals surface area contributed by atoms with Crippen LogP contribution in [0.5, 0.6) is 0 Å². The number of allylic oxidation sites excluding steroid dienone is 2. The molecule has 32 rings (SSSR count). The zero-order valence-electron chi connectivity index (χ0n) is 39.3. The van der Waals surface area contributed by atoms with Gasteiger partial charge in [-0.05, 0) is 285 Å². The van der Waals surface area contributed by atoms with Gasteiger partial charge in [0, 0.05) is 73.9 Å². The van der Waals surface area contributed by atoms with Crippen LogP contribution in [-0.4, -0.2) is 38.0 Å². The predicted molar refractivity (Wildman–Crippen MR) is 291 cm³/mol. The molecule has 0 N–H and O–H groups in total. The van der Waals surface area contributed by atoms with Gasteiger partial charge in [0.1, 0.15) is 11.6 Å². The Balaban J connectivity index is 1.14. The zero-order valence-corrected chi connectivity index (χ0v) is 39.3. The highest BCUT2D eigenvalue weighted by molar-refractivity contribution is 6.74. The maximum absolute atomic E-state index is 15.9. The Morgan fingerprint density at radius 3 is 1.51 bits per heavy atom. The molecule has 19 aromatic carbocycles. The molecule has 19 aromatic rings. The van der Waals surface area contributed by atoms with E-state index in [1.807, 2.05) is 14.2 Å². The number of hydrogen-bond acceptors (Lipinski definition) is 4. The molecule has 0 bridgehead atoms. The molecule has 0 saturated heterocycles. The molecule has 3 fully saturated rings. The highest BCUT2D eigenvalue weighted by Gasteiger charge is 2.88. The van der Waals surface area contributed by atoms with Crippen LogP contribution in [0.15, 0.2) is 5.57 Å². The van der Waals surface area contributed by atoms with Crippen LogP contribution < -0.4 is 5.22 Å². The molecule has 4 heteroatoms. The largest absolute Gasteiger partial charge is 0.380 e. The topological polar surface area (TPSA) is 52.6 Å². The van der Waals surface area contributed by atoms with Crippen LogP contribution >= 0.6 is 0 Å². The number of ketones is 2. The lowest BCUT2D eigenvalue weighted by molar-refractivity contribution is -0.170. The van der Waals surface area contributed by atoms with Gasteiger partial charge < -0.3 is 9.47 Å². The SMILES string of the molecule is COC1CC(=O)CC23C4=c5c6c7c8c9c%10c%11c%12c%13c%14c%15c%16c%17c%18c%19c%20c(c%21c%22c%23c(c5c5c6c6c8c%11c8c%11c%12c%12c%14c(c%15%19)c%14c%20c%22c%15c%19c%23c5c(c68)c%19c%11c%12c%14%15)C%2112)C%18C3C1(C4)C(OC)CC(=O)CC%171C(=C9C7)C%16C%10%13. The molecule has 13 aliphatic carbocycles. The molecule has 0 aliphatic heterocycles. The number of Topliss-reactive ketones (excluding diaryl/α,β-unsaturated/α-hetero) is 2. The minimum atomic E-state index is -0.565. The fraction of sp³-hybridized carbons (Fsp3) is 0.257. The van der Waals surface area contributed by atoms with Crippen molar-refractivity contribution in [3.63, 3.8) is 0 Å². The van der Waals surface area contributed by atoms with Crippen LogP contribution in [0.1, 0.15) is 105 Å². The average molecular weight is 929 g/mol. The highest BCUT2D eigenvalue weighted by atomic mass is 16.5. The second-order valence-corrected chi connectivity index (χ2v) is 28.6. The number of rotatable bonds is 2. The number of hydrogen-bond donors (Lipinski definition) is 0. The standard InChI is InChI=1S/C70H24O4/c1-73-14-3-9(71)7-69-62-12-5-11-16-18(12)22-25-24-20(16)23-21-17(11)19-13-8-68(14,69)66-61-59-52-45-38-34-32-30(28(25)40-41(34)49(45)56(63(59)69)55(62)48(22)40)29-27(24)26(23)37-35-31(29)33(32)36-39(38)46-51-43(36)42(35)50-44(37)47(21)54(19)64-57(50)58(51)65(60(61)53(46)52)70(64)15(74-2)4-10(72)6-67(13,66)70/h14-15,48,55,61,66H,3-8H2,1-2H3. The third-order valence-corrected chi connectivity index (χ3v) is 29.0. The van der Waals surface area contributed by atoms with Gasteiger partial charge in [-0.25, -0.2) is 0 Å². The van der Waals surface area contributed by atoms with Gasteiger partial charge in [-0.15, -0.1) is 0 Å². The minimum Gasteiger partial charge on any atom is -0.380 e. The predicted octanol–water partition coefficient (Wildman–Crippen LogP) is 13.8. The third-order valence-electron chi connectivity index (χ3n) is 29.0. The summed E-state index contributed by atoms with van der Waals surface area (Å²) < 4.78 is 14.8. The van der Waals surface area contributed by atoms with Gasteiger partial charge in [-0.2, -0.15) is 0 Å². The molecule has 4 nitrogen and oxygen atoms in total. The maximum atomic E-state index is 15.9. The Bertz CT molecular complexity index is 6760. The van der Waals surface area contributed by atoms with Crippen molar-refractivity contribution in [2.45, 2.75) is 79.3 Å². The Morgan fingerprint density at radius 1 is 0.405 bits per heavy atom. The molecule has 3 saturated carbocycles. The van der Waals surface area contributed by atoms with Crippen molar-refractivity contribution >= 4 is 217 Å². The first-order valence-corrected chi connectivity index (χ1v) is 28.4. The van der Waals surface area contributed by atoms with E-state index >= 15 is 9.59 Å². The van der Waals surface area contributed by atoms with Crippen LogP contribution in [0.2, 0.25) is 0 Å². The van der Waals surface area contributed by atoms with Gasteiger partial charge in [-0.1, -0.05) is 5.57 Å². The number of benzene rings is 13. The molecule has 10 atom stereocenters. The number of methoxy groups -OCH3 is 2. The molecular weight excluding hydrogens is 905 g/mol. The van der Waals surface area contributed by atoms with Crippen molar-refractivity contribution in [3.05, 3.63) is 66.4 Å². The van der Waals surface area contributed by atoms with Crippen LogP contribution in [-0.2, 0) is 36.3 Å². The Hall–Kier alpha value is -7.24. The molecule has 4 spiro atoms. The van der Waals surface area contributed by atoms with Crippen molar-refractivity contribution in [3.8, 4) is 0 Å². The summed E-state index contributed by atoms with van der Waals surface area (Å²) in [6.07, 6.45) is 3.28. The van der Waals surface area contributed by atoms with Crippen molar-refractivity contribution in [1.29, 1.82) is 0 Å². The van der Waals surface area contributed by atoms with Gasteiger partial charge >= 0.3 is 0 Å². The number of fused-ring (bicyclic) bond motifs is 2. The molecule has 0 amide bonds. The smallest absolute Gasteiger partial charge is 0.136 e. The first-order valence-electron chi connectivity index (χ1n) is 28.4. The van der Waals surface area contributed by atoms with E-state index < -0.39 is 21.7 Å². The van der Waals surface area contributed by atoms with Gasteiger partial charge in [0.2, 0.25) is 0 Å². The van der Waals surface area contributed by atoms with Crippen molar-refractivity contribution in [2.24, 2.45) is 16.7 Å². The van der Waals surface area contributed by atoms with E-state index in [0.717, 1.165) is 12.8 Å². The highest BCUT2D eigenvalue weighted by Crippen LogP contribution is 2.94. The van der Waals surface area contributed by atoms with Crippen LogP contribution in [0.25, 0.3) is 205 Å². The Labute approximate surface area is 410 Å². The molecule has 0 radical (unpaired) electrons. The first-order chi connectivity index (χ1) is 36.6. The van der Waals surface area contributed by atoms with Crippen molar-refractivity contribution in [2.75, 3.05) is 14.2 Å². The van der Waals surface area contributed by atoms with E-state index in [1.165, 1.54) is 0 Å². The second kappa shape index (κ2) is 6.98. The van der Waals surface area contributed by atoms with Gasteiger partial charge in [0.25, 0.3) is 0 Å². The molecule has 13 aliphatic rings. The normalized spacial score (nSPS) is 35.4. The lowest BCUT2D eigenvalue weighted by atomic mass is 9.33. The summed E-state index contributed by atoms with van der Waals surface area (Å²) in [6.45, 7) is 0. The number of ether oxygens (including phenoxy) is 2. The van der Waals surface area contributed by atoms with Crippen LogP contribution in [0, 0.1) is 16.7 Å². The lowest BCUT2D eigenvalue weighted by Crippen LogP contribution is -2.71. The lowest BCUT2D eigenvalue weighted by Gasteiger charge is -2.69. The number of carbonyl (C=O) groups excluding carboxylic acids is 2. The van der Waals surface area contributed by atoms with Crippen molar-refractivity contribution < 1.29 is 19.1 Å². The third kappa shape index (κ3) is 1.65. The molecule has 328 valence electrons. The van der Waals surface area contributed by atoms with Crippen molar-refractivity contribution in [1.82, 2.24) is 0 Å². The summed E-state index contributed by atoms with van der Waals surface area (Å²) in [5.74, 6) is 1.38. The monoisotopic (exact) mass is 928 g/mol. The maximum Gasteiger partial charge on any atom is 0.136 e. The van der Waals surface area contributed by atoms with Gasteiger partial charge in [-0.3, -0.25) is 9.59 Å². The summed E-state index contributed by atoms with van der Waals surface area (Å²) in [6, 6.07) is 0. The quantitative estimate of drug-likeness (QED) is 0.162. The Morgan fingerprint density at radius 2 is 0.878 bits per heavy atom. The van der Waals surface area contributed by atoms with E-state index in [-0.39, 0.29) is 35.9 Å². The van der Waals surface area contributed by atoms with E-state index in [9.17, 15) is 0 Å². The zero-order chi connectivity index (χ0) is 45.1. The van der Waals surface area contributed by atoms with E-state index in [4.69, 9.17) is 9.47 Å². The summed E-state index contributed by atoms with van der Waals surface area (Å²) >= 11 is 0. The first kappa shape index (κ1) is 30.2. The molecular formula is C70H24O4. The Kier molecular flexibility index (Phi) is 2.85. The second-order valence-electron chi connectivity index (χ2n) is 28.6. The van der Waals surface area contributed by atoms with E-state index in [2.05, 4.69) is 0 Å². The fourth-order valence-corrected chi connectivity index (χ4v) is 29.5. The molecule has 0 aromatic heterocycles. The summed E-state index contributed by atoms with van der Waals surface area (Å²) in [4.78, 5) is 31.8. The van der Waals surface area contributed by atoms with Crippen LogP contribution in [0.3, 0.4) is 0 Å². The average Bonchev–Trinajstić information content (AvgIpc) is 2.41. The molecule has 10 unspecified atom stereocenters. The summed E-state index contributed by atoms with van der Waals surface area (Å²) in [5, 5.41) is 59.2. The fourth-order valence-electron chi connectivity index (χ4n) is 29.5. The van der Waals surface area contributed by atoms with E-state index in [0.29, 0.717) is 37.2 Å². The minimum absolute atomic E-state index is 0.0624. The molecule has 74 heavy (non-hydrogen) atoms. The van der Waals surface area contributed by atoms with Crippen LogP contribution in [0.4, 0.5) is 0 Å². The number of carbonyl (C=O) groups is 2. The molecule has 0 heterocycles. The van der Waals surface area contributed by atoms with Gasteiger partial charge in [0.15, 0.2) is 0 Å². The summed E-state index contributed by atoms with van der Waals surface area (Å²) in [7, 11) is 3.99. The summed E-state index contributed by atoms with van der Waals surface area (Å²) in [5.41, 5.74) is 19.2.